The molecule has 1 amide bonds. The zero-order valence-electron chi connectivity index (χ0n) is 11.5. The van der Waals surface area contributed by atoms with E-state index < -0.39 is 11.9 Å². The van der Waals surface area contributed by atoms with Gasteiger partial charge in [-0.1, -0.05) is 6.92 Å². The number of hydrogen-bond donors (Lipinski definition) is 1. The fourth-order valence-corrected chi connectivity index (χ4v) is 1.74. The number of nitrogens with zero attached hydrogens (tertiary/aromatic N) is 2. The van der Waals surface area contributed by atoms with Crippen LogP contribution in [-0.2, 0) is 11.8 Å². The van der Waals surface area contributed by atoms with Crippen molar-refractivity contribution in [3.05, 3.63) is 23.5 Å². The average Bonchev–Trinajstić information content (AvgIpc) is 2.70. The van der Waals surface area contributed by atoms with Crippen LogP contribution in [0.15, 0.2) is 12.3 Å². The topological polar surface area (TPSA) is 79.6 Å². The summed E-state index contributed by atoms with van der Waals surface area (Å²) in [5, 5.41) is 8.83. The maximum atomic E-state index is 12.2. The molecule has 1 rings (SSSR count). The minimum atomic E-state index is -0.948. The number of Topliss-reactive ketones (excluding diaryl/α,β-unsaturated/α-hetero) is 1. The Kier molecular flexibility index (Phi) is 4.47. The van der Waals surface area contributed by atoms with Crippen LogP contribution in [0.2, 0.25) is 0 Å². The Labute approximate surface area is 111 Å². The molecule has 1 heterocycles. The van der Waals surface area contributed by atoms with Crippen LogP contribution in [0.25, 0.3) is 0 Å². The molecule has 1 N–H and O–H groups in total. The maximum absolute atomic E-state index is 12.2. The van der Waals surface area contributed by atoms with Crippen LogP contribution < -0.4 is 0 Å². The van der Waals surface area contributed by atoms with Crippen molar-refractivity contribution in [3.63, 3.8) is 0 Å². The molecule has 0 aromatic carbocycles. The molecule has 0 spiro atoms. The van der Waals surface area contributed by atoms with Crippen LogP contribution in [-0.4, -0.2) is 45.8 Å². The van der Waals surface area contributed by atoms with Gasteiger partial charge in [-0.2, -0.15) is 0 Å². The smallest absolute Gasteiger partial charge is 0.308 e. The van der Waals surface area contributed by atoms with Gasteiger partial charge in [0.1, 0.15) is 5.69 Å². The lowest BCUT2D eigenvalue weighted by Gasteiger charge is -2.19. The summed E-state index contributed by atoms with van der Waals surface area (Å²) in [5.74, 6) is -2.00. The maximum Gasteiger partial charge on any atom is 0.308 e. The third-order valence-electron chi connectivity index (χ3n) is 2.95. The fourth-order valence-electron chi connectivity index (χ4n) is 1.74. The molecule has 6 heteroatoms. The molecule has 0 aliphatic rings. The van der Waals surface area contributed by atoms with Crippen molar-refractivity contribution in [2.45, 2.75) is 13.8 Å². The zero-order chi connectivity index (χ0) is 14.7. The number of hydrogen-bond acceptors (Lipinski definition) is 3. The van der Waals surface area contributed by atoms with Crippen LogP contribution in [0, 0.1) is 5.92 Å². The molecule has 0 aliphatic carbocycles. The van der Waals surface area contributed by atoms with Crippen LogP contribution >= 0.6 is 0 Å². The monoisotopic (exact) mass is 266 g/mol. The lowest BCUT2D eigenvalue weighted by molar-refractivity contribution is -0.141. The Bertz CT molecular complexity index is 519. The van der Waals surface area contributed by atoms with Gasteiger partial charge in [-0.25, -0.2) is 0 Å². The van der Waals surface area contributed by atoms with E-state index in [1.165, 1.54) is 24.8 Å². The highest BCUT2D eigenvalue weighted by Crippen LogP contribution is 2.11. The number of ketones is 1. The Balaban J connectivity index is 2.88. The van der Waals surface area contributed by atoms with Crippen molar-refractivity contribution in [3.8, 4) is 0 Å². The summed E-state index contributed by atoms with van der Waals surface area (Å²) in [6.45, 7) is 3.09. The van der Waals surface area contributed by atoms with E-state index in [1.807, 2.05) is 0 Å². The molecular weight excluding hydrogens is 248 g/mol. The number of carboxylic acid groups (broad SMARTS) is 1. The van der Waals surface area contributed by atoms with E-state index in [2.05, 4.69) is 0 Å². The minimum absolute atomic E-state index is 0.115. The minimum Gasteiger partial charge on any atom is -0.481 e. The molecular formula is C13H18N2O4. The first-order chi connectivity index (χ1) is 8.73. The Morgan fingerprint density at radius 2 is 2.00 bits per heavy atom. The van der Waals surface area contributed by atoms with Gasteiger partial charge in [0.2, 0.25) is 0 Å². The molecule has 1 aromatic heterocycles. The molecule has 19 heavy (non-hydrogen) atoms. The molecule has 0 fully saturated rings. The average molecular weight is 266 g/mol. The van der Waals surface area contributed by atoms with Gasteiger partial charge >= 0.3 is 5.97 Å². The second-order valence-corrected chi connectivity index (χ2v) is 4.71. The first-order valence-corrected chi connectivity index (χ1v) is 5.89. The van der Waals surface area contributed by atoms with Crippen LogP contribution in [0.3, 0.4) is 0 Å². The number of carbonyl (C=O) groups is 3. The fraction of sp³-hybridized carbons (Fsp3) is 0.462. The van der Waals surface area contributed by atoms with Gasteiger partial charge in [0.05, 0.1) is 5.92 Å². The molecule has 1 aromatic rings. The van der Waals surface area contributed by atoms with Crippen molar-refractivity contribution in [2.24, 2.45) is 13.0 Å². The summed E-state index contributed by atoms with van der Waals surface area (Å²) in [6.07, 6.45) is 1.59. The molecule has 104 valence electrons. The van der Waals surface area contributed by atoms with E-state index in [-0.39, 0.29) is 18.2 Å². The summed E-state index contributed by atoms with van der Waals surface area (Å²) in [6, 6.07) is 1.52. The van der Waals surface area contributed by atoms with Gasteiger partial charge in [0.15, 0.2) is 5.78 Å². The Morgan fingerprint density at radius 1 is 1.42 bits per heavy atom. The van der Waals surface area contributed by atoms with Crippen LogP contribution in [0.5, 0.6) is 0 Å². The summed E-state index contributed by atoms with van der Waals surface area (Å²) in [7, 11) is 3.22. The predicted octanol–water partition coefficient (Wildman–Crippen LogP) is 1.02. The van der Waals surface area contributed by atoms with Crippen LogP contribution in [0.1, 0.15) is 34.7 Å². The van der Waals surface area contributed by atoms with Gasteiger partial charge in [0, 0.05) is 32.4 Å². The molecule has 0 saturated carbocycles. The molecule has 1 unspecified atom stereocenters. The molecule has 6 nitrogen and oxygen atoms in total. The SMILES string of the molecule is CC(=O)c1cc(C(=O)N(C)CC(C)C(=O)O)n(C)c1. The van der Waals surface area contributed by atoms with Crippen molar-refractivity contribution in [2.75, 3.05) is 13.6 Å². The normalized spacial score (nSPS) is 12.0. The van der Waals surface area contributed by atoms with Crippen LogP contribution in [0.4, 0.5) is 0 Å². The number of carbonyl (C=O) groups excluding carboxylic acids is 2. The number of aliphatic carboxylic acids is 1. The van der Waals surface area contributed by atoms with E-state index in [1.54, 1.807) is 24.9 Å². The van der Waals surface area contributed by atoms with Crippen molar-refractivity contribution in [1.82, 2.24) is 9.47 Å². The number of amides is 1. The second kappa shape index (κ2) is 5.69. The van der Waals surface area contributed by atoms with E-state index >= 15 is 0 Å². The van der Waals surface area contributed by atoms with E-state index in [0.717, 1.165) is 0 Å². The summed E-state index contributed by atoms with van der Waals surface area (Å²) in [4.78, 5) is 35.5. The highest BCUT2D eigenvalue weighted by atomic mass is 16.4. The predicted molar refractivity (Wildman–Crippen MR) is 69.2 cm³/mol. The Morgan fingerprint density at radius 3 is 2.42 bits per heavy atom. The van der Waals surface area contributed by atoms with E-state index in [4.69, 9.17) is 5.11 Å². The van der Waals surface area contributed by atoms with Gasteiger partial charge in [-0.3, -0.25) is 14.4 Å². The third-order valence-corrected chi connectivity index (χ3v) is 2.95. The largest absolute Gasteiger partial charge is 0.481 e. The summed E-state index contributed by atoms with van der Waals surface area (Å²) in [5.41, 5.74) is 0.829. The highest BCUT2D eigenvalue weighted by Gasteiger charge is 2.21. The quantitative estimate of drug-likeness (QED) is 0.807. The molecule has 1 atom stereocenters. The van der Waals surface area contributed by atoms with E-state index in [0.29, 0.717) is 11.3 Å². The van der Waals surface area contributed by atoms with Gasteiger partial charge in [-0.15, -0.1) is 0 Å². The molecule has 0 bridgehead atoms. The van der Waals surface area contributed by atoms with Crippen molar-refractivity contribution in [1.29, 1.82) is 0 Å². The number of aromatic nitrogens is 1. The van der Waals surface area contributed by atoms with Crippen molar-refractivity contribution < 1.29 is 19.5 Å². The molecule has 0 radical (unpaired) electrons. The van der Waals surface area contributed by atoms with Gasteiger partial charge < -0.3 is 14.6 Å². The van der Waals surface area contributed by atoms with Crippen molar-refractivity contribution >= 4 is 17.7 Å². The summed E-state index contributed by atoms with van der Waals surface area (Å²) < 4.78 is 1.57. The molecule has 0 aliphatic heterocycles. The van der Waals surface area contributed by atoms with E-state index in [9.17, 15) is 14.4 Å². The zero-order valence-corrected chi connectivity index (χ0v) is 11.5. The number of rotatable bonds is 5. The van der Waals surface area contributed by atoms with Gasteiger partial charge in [0.25, 0.3) is 5.91 Å². The first kappa shape index (κ1) is 14.9. The highest BCUT2D eigenvalue weighted by molar-refractivity contribution is 5.99. The number of aryl methyl sites for hydroxylation is 1. The van der Waals surface area contributed by atoms with Gasteiger partial charge in [-0.05, 0) is 13.0 Å². The lowest BCUT2D eigenvalue weighted by Crippen LogP contribution is -2.34. The Hall–Kier alpha value is -2.11. The molecule has 0 saturated heterocycles. The standard InChI is InChI=1S/C13H18N2O4/c1-8(13(18)19)6-15(4)12(17)11-5-10(9(2)16)7-14(11)3/h5,7-8H,6H2,1-4H3,(H,18,19). The summed E-state index contributed by atoms with van der Waals surface area (Å²) >= 11 is 0. The number of carboxylic acids is 1. The third kappa shape index (κ3) is 3.43. The first-order valence-electron chi connectivity index (χ1n) is 5.89. The lowest BCUT2D eigenvalue weighted by atomic mass is 10.1. The second-order valence-electron chi connectivity index (χ2n) is 4.71.